The van der Waals surface area contributed by atoms with Gasteiger partial charge in [0, 0.05) is 12.5 Å². The summed E-state index contributed by atoms with van der Waals surface area (Å²) >= 11 is 0. The van der Waals surface area contributed by atoms with E-state index in [9.17, 15) is 8.78 Å². The smallest absolute Gasteiger partial charge is 0.273 e. The van der Waals surface area contributed by atoms with Crippen LogP contribution >= 0.6 is 0 Å². The largest absolute Gasteiger partial charge is 0.557 e. The lowest BCUT2D eigenvalue weighted by molar-refractivity contribution is 0.0540. The summed E-state index contributed by atoms with van der Waals surface area (Å²) in [6, 6.07) is 8.93. The van der Waals surface area contributed by atoms with Crippen molar-refractivity contribution in [3.05, 3.63) is 48.2 Å². The number of hydrogen-bond donors (Lipinski definition) is 0. The molecular weight excluding hydrogens is 395 g/mol. The van der Waals surface area contributed by atoms with Gasteiger partial charge in [0.25, 0.3) is 5.92 Å². The van der Waals surface area contributed by atoms with Crippen molar-refractivity contribution >= 4 is 29.6 Å². The van der Waals surface area contributed by atoms with Gasteiger partial charge in [-0.25, -0.2) is 8.78 Å². The van der Waals surface area contributed by atoms with Crippen molar-refractivity contribution in [3.63, 3.8) is 0 Å². The van der Waals surface area contributed by atoms with Crippen LogP contribution in [0.1, 0.15) is 5.56 Å². The van der Waals surface area contributed by atoms with Gasteiger partial charge in [-0.3, -0.25) is 0 Å². The first-order valence-electron chi connectivity index (χ1n) is 9.31. The molecule has 0 saturated heterocycles. The first-order valence-corrected chi connectivity index (χ1v) is 24.7. The standard InChI is InChI=1S/C19H36F2OSi4/c1-23(2,3)26(24(4,5)6,25(7,8)9)22-16-15-19(20,21)17-18-13-11-10-12-14-18/h10-16H,17H2,1-9H3/b16-15+. The maximum absolute atomic E-state index is 14.5. The predicted octanol–water partition coefficient (Wildman–Crippen LogP) is 6.59. The van der Waals surface area contributed by atoms with Gasteiger partial charge in [-0.1, -0.05) is 89.3 Å². The van der Waals surface area contributed by atoms with Gasteiger partial charge < -0.3 is 4.43 Å². The molecule has 0 aliphatic heterocycles. The third kappa shape index (κ3) is 5.27. The van der Waals surface area contributed by atoms with Crippen molar-refractivity contribution in [1.82, 2.24) is 0 Å². The van der Waals surface area contributed by atoms with Crippen LogP contribution in [0.25, 0.3) is 0 Å². The Labute approximate surface area is 162 Å². The minimum atomic E-state index is -2.89. The zero-order valence-electron chi connectivity index (χ0n) is 17.9. The molecule has 0 amide bonds. The molecule has 1 rings (SSSR count). The first-order chi connectivity index (χ1) is 11.5. The van der Waals surface area contributed by atoms with Crippen molar-refractivity contribution in [2.75, 3.05) is 0 Å². The van der Waals surface area contributed by atoms with Crippen LogP contribution in [0.4, 0.5) is 8.78 Å². The number of halogens is 2. The zero-order chi connectivity index (χ0) is 20.4. The van der Waals surface area contributed by atoms with Gasteiger partial charge in [0.05, 0.1) is 29.0 Å². The molecule has 0 radical (unpaired) electrons. The van der Waals surface area contributed by atoms with Crippen molar-refractivity contribution in [3.8, 4) is 0 Å². The zero-order valence-corrected chi connectivity index (χ0v) is 21.9. The molecule has 1 aromatic rings. The second-order valence-corrected chi connectivity index (χ2v) is 49.7. The summed E-state index contributed by atoms with van der Waals surface area (Å²) < 4.78 is 35.5. The highest BCUT2D eigenvalue weighted by Crippen LogP contribution is 2.38. The summed E-state index contributed by atoms with van der Waals surface area (Å²) in [5.41, 5.74) is 0.645. The van der Waals surface area contributed by atoms with Crippen LogP contribution in [0, 0.1) is 0 Å². The van der Waals surface area contributed by atoms with Crippen LogP contribution in [0.5, 0.6) is 0 Å². The first kappa shape index (κ1) is 23.5. The van der Waals surface area contributed by atoms with Gasteiger partial charge >= 0.3 is 0 Å². The molecule has 26 heavy (non-hydrogen) atoms. The van der Waals surface area contributed by atoms with E-state index < -0.39 is 35.6 Å². The van der Waals surface area contributed by atoms with Crippen molar-refractivity contribution in [2.24, 2.45) is 0 Å². The van der Waals surface area contributed by atoms with E-state index in [-0.39, 0.29) is 6.42 Å². The van der Waals surface area contributed by atoms with Gasteiger partial charge in [-0.05, 0) is 5.56 Å². The van der Waals surface area contributed by atoms with E-state index in [4.69, 9.17) is 4.43 Å². The van der Waals surface area contributed by atoms with Gasteiger partial charge in [0.2, 0.25) is 6.87 Å². The fourth-order valence-electron chi connectivity index (χ4n) is 5.07. The Balaban J connectivity index is 3.15. The molecule has 1 nitrogen and oxygen atoms in total. The monoisotopic (exact) mass is 430 g/mol. The molecular formula is C19H36F2OSi4. The van der Waals surface area contributed by atoms with E-state index in [0.29, 0.717) is 5.56 Å². The minimum Gasteiger partial charge on any atom is -0.557 e. The van der Waals surface area contributed by atoms with E-state index in [0.717, 1.165) is 6.08 Å². The molecule has 0 spiro atoms. The molecule has 148 valence electrons. The Morgan fingerprint density at radius 2 is 1.23 bits per heavy atom. The molecule has 0 aliphatic rings. The lowest BCUT2D eigenvalue weighted by Crippen LogP contribution is -2.83. The molecule has 0 unspecified atom stereocenters. The number of hydrogen-bond acceptors (Lipinski definition) is 1. The molecule has 0 N–H and O–H groups in total. The molecule has 0 heterocycles. The second-order valence-electron chi connectivity index (χ2n) is 10.3. The molecule has 7 heteroatoms. The van der Waals surface area contributed by atoms with Gasteiger partial charge in [-0.15, -0.1) is 0 Å². The molecule has 0 bridgehead atoms. The van der Waals surface area contributed by atoms with Gasteiger partial charge in [-0.2, -0.15) is 0 Å². The van der Waals surface area contributed by atoms with Crippen molar-refractivity contribution in [2.45, 2.75) is 71.3 Å². The third-order valence-corrected chi connectivity index (χ3v) is 72.4. The van der Waals surface area contributed by atoms with E-state index in [1.165, 1.54) is 6.26 Å². The molecule has 0 saturated carbocycles. The summed E-state index contributed by atoms with van der Waals surface area (Å²) in [4.78, 5) is 0. The Kier molecular flexibility index (Phi) is 7.10. The third-order valence-electron chi connectivity index (χ3n) is 5.01. The highest BCUT2D eigenvalue weighted by molar-refractivity contribution is 7.87. The minimum absolute atomic E-state index is 0.283. The van der Waals surface area contributed by atoms with E-state index in [2.05, 4.69) is 58.9 Å². The van der Waals surface area contributed by atoms with Crippen LogP contribution < -0.4 is 0 Å². The van der Waals surface area contributed by atoms with E-state index in [1.54, 1.807) is 24.3 Å². The van der Waals surface area contributed by atoms with Crippen LogP contribution in [0.2, 0.25) is 58.9 Å². The van der Waals surface area contributed by atoms with Crippen LogP contribution in [0.15, 0.2) is 42.7 Å². The Morgan fingerprint density at radius 1 is 0.808 bits per heavy atom. The highest BCUT2D eigenvalue weighted by Gasteiger charge is 2.65. The van der Waals surface area contributed by atoms with Gasteiger partial charge in [0.1, 0.15) is 0 Å². The Morgan fingerprint density at radius 3 is 1.62 bits per heavy atom. The van der Waals surface area contributed by atoms with E-state index >= 15 is 0 Å². The van der Waals surface area contributed by atoms with Crippen LogP contribution in [0.3, 0.4) is 0 Å². The van der Waals surface area contributed by atoms with Crippen molar-refractivity contribution < 1.29 is 13.2 Å². The maximum atomic E-state index is 14.5. The fraction of sp³-hybridized carbons (Fsp3) is 0.579. The SMILES string of the molecule is C[Si](C)(C)[Si](O/C=C/C(F)(F)Cc1ccccc1)([Si](C)(C)C)[Si](C)(C)C. The van der Waals surface area contributed by atoms with Gasteiger partial charge in [0.15, 0.2) is 0 Å². The Bertz CT molecular complexity index is 575. The highest BCUT2D eigenvalue weighted by atomic mass is 29.9. The molecule has 0 aromatic heterocycles. The summed E-state index contributed by atoms with van der Waals surface area (Å²) in [6.45, 7) is 19.3. The quantitative estimate of drug-likeness (QED) is 0.334. The molecule has 0 fully saturated rings. The molecule has 0 atom stereocenters. The molecule has 1 aromatic carbocycles. The van der Waals surface area contributed by atoms with Crippen molar-refractivity contribution in [1.29, 1.82) is 0 Å². The summed E-state index contributed by atoms with van der Waals surface area (Å²) in [5.74, 6) is -2.89. The average Bonchev–Trinajstić information content (AvgIpc) is 2.39. The molecule has 0 aliphatic carbocycles. The lowest BCUT2D eigenvalue weighted by atomic mass is 10.1. The predicted molar refractivity (Wildman–Crippen MR) is 121 cm³/mol. The van der Waals surface area contributed by atoms with E-state index in [1.807, 2.05) is 6.07 Å². The fourth-order valence-corrected chi connectivity index (χ4v) is 97.9. The maximum Gasteiger partial charge on any atom is 0.273 e. The topological polar surface area (TPSA) is 9.23 Å². The van der Waals surface area contributed by atoms with Crippen LogP contribution in [-0.2, 0) is 10.8 Å². The average molecular weight is 431 g/mol. The number of alkyl halides is 2. The lowest BCUT2D eigenvalue weighted by Gasteiger charge is -2.55. The summed E-state index contributed by atoms with van der Waals surface area (Å²) in [6.07, 6.45) is 2.11. The van der Waals surface area contributed by atoms with Crippen LogP contribution in [-0.4, -0.2) is 35.6 Å². The number of rotatable bonds is 8. The summed E-state index contributed by atoms with van der Waals surface area (Å²) in [7, 11) is -4.90. The number of benzene rings is 1. The number of allylic oxidation sites excluding steroid dienone is 1. The second kappa shape index (κ2) is 7.85. The normalized spacial score (nSPS) is 14.7. The Hall–Kier alpha value is -0.512. The summed E-state index contributed by atoms with van der Waals surface area (Å²) in [5, 5.41) is 0.